The number of para-hydroxylation sites is 2. The van der Waals surface area contributed by atoms with Crippen molar-refractivity contribution in [3.05, 3.63) is 66.9 Å². The number of imidazole rings is 2. The standard InChI is InChI=1S/C19H13N5O2/c1-2-6-13-12(5-1)21-19(22-13)20-11-16-23-17(14-7-3-9-25-14)18(24-16)15-8-4-10-26-15/h1-11H,(H,21,22)(H,23,24)/b20-11+. The van der Waals surface area contributed by atoms with Crippen LogP contribution in [0.15, 0.2) is 74.9 Å². The molecule has 26 heavy (non-hydrogen) atoms. The Morgan fingerprint density at radius 2 is 1.65 bits per heavy atom. The molecule has 0 saturated heterocycles. The van der Waals surface area contributed by atoms with Crippen molar-refractivity contribution >= 4 is 23.2 Å². The second-order valence-corrected chi connectivity index (χ2v) is 5.64. The lowest BCUT2D eigenvalue weighted by Gasteiger charge is -1.95. The highest BCUT2D eigenvalue weighted by Gasteiger charge is 2.17. The van der Waals surface area contributed by atoms with Gasteiger partial charge in [0.25, 0.3) is 0 Å². The summed E-state index contributed by atoms with van der Waals surface area (Å²) in [6.45, 7) is 0. The van der Waals surface area contributed by atoms with Crippen LogP contribution in [0.25, 0.3) is 33.9 Å². The molecular formula is C19H13N5O2. The molecule has 0 bridgehead atoms. The summed E-state index contributed by atoms with van der Waals surface area (Å²) >= 11 is 0. The number of H-pyrrole nitrogens is 2. The van der Waals surface area contributed by atoms with Crippen LogP contribution in [-0.2, 0) is 0 Å². The van der Waals surface area contributed by atoms with Gasteiger partial charge in [-0.3, -0.25) is 0 Å². The SMILES string of the molecule is C(=N\c1nc2ccccc2[nH]1)/c1nc(-c2ccco2)c(-c2ccco2)[nH]1. The summed E-state index contributed by atoms with van der Waals surface area (Å²) in [6, 6.07) is 15.1. The zero-order chi connectivity index (χ0) is 17.3. The molecule has 0 spiro atoms. The zero-order valence-electron chi connectivity index (χ0n) is 13.5. The second-order valence-electron chi connectivity index (χ2n) is 5.64. The van der Waals surface area contributed by atoms with E-state index in [1.165, 1.54) is 0 Å². The molecule has 7 heteroatoms. The minimum absolute atomic E-state index is 0.515. The van der Waals surface area contributed by atoms with Crippen molar-refractivity contribution in [2.45, 2.75) is 0 Å². The van der Waals surface area contributed by atoms with Crippen LogP contribution in [0.5, 0.6) is 0 Å². The van der Waals surface area contributed by atoms with Crippen LogP contribution in [0.4, 0.5) is 5.95 Å². The summed E-state index contributed by atoms with van der Waals surface area (Å²) < 4.78 is 11.0. The van der Waals surface area contributed by atoms with Gasteiger partial charge in [-0.1, -0.05) is 12.1 Å². The van der Waals surface area contributed by atoms with Gasteiger partial charge in [0.1, 0.15) is 17.2 Å². The van der Waals surface area contributed by atoms with Crippen LogP contribution < -0.4 is 0 Å². The van der Waals surface area contributed by atoms with Crippen molar-refractivity contribution in [2.75, 3.05) is 0 Å². The Bertz CT molecular complexity index is 1100. The maximum atomic E-state index is 5.50. The van der Waals surface area contributed by atoms with E-state index in [0.29, 0.717) is 29.0 Å². The van der Waals surface area contributed by atoms with Gasteiger partial charge in [0.2, 0.25) is 5.95 Å². The molecule has 1 aromatic carbocycles. The Kier molecular flexibility index (Phi) is 3.28. The number of furan rings is 2. The number of hydrogen-bond donors (Lipinski definition) is 2. The first-order valence-corrected chi connectivity index (χ1v) is 8.03. The number of aromatic amines is 2. The van der Waals surface area contributed by atoms with Gasteiger partial charge in [-0.15, -0.1) is 0 Å². The number of nitrogens with zero attached hydrogens (tertiary/aromatic N) is 3. The Hall–Kier alpha value is -3.87. The number of hydrogen-bond acceptors (Lipinski definition) is 5. The number of aliphatic imine (C=N–C) groups is 1. The van der Waals surface area contributed by atoms with Gasteiger partial charge in [-0.2, -0.15) is 0 Å². The van der Waals surface area contributed by atoms with Crippen LogP contribution in [-0.4, -0.2) is 26.2 Å². The van der Waals surface area contributed by atoms with Crippen LogP contribution in [0.2, 0.25) is 0 Å². The average molecular weight is 343 g/mol. The number of fused-ring (bicyclic) bond motifs is 1. The summed E-state index contributed by atoms with van der Waals surface area (Å²) in [5.74, 6) is 2.41. The third-order valence-electron chi connectivity index (χ3n) is 3.93. The number of nitrogens with one attached hydrogen (secondary N) is 2. The van der Waals surface area contributed by atoms with Gasteiger partial charge in [0.15, 0.2) is 11.5 Å². The number of aromatic nitrogens is 4. The van der Waals surface area contributed by atoms with Gasteiger partial charge in [0, 0.05) is 0 Å². The lowest BCUT2D eigenvalue weighted by Crippen LogP contribution is -1.84. The molecule has 5 rings (SSSR count). The molecule has 0 saturated carbocycles. The molecule has 7 nitrogen and oxygen atoms in total. The molecule has 0 aliphatic rings. The van der Waals surface area contributed by atoms with Crippen molar-refractivity contribution in [2.24, 2.45) is 4.99 Å². The summed E-state index contributed by atoms with van der Waals surface area (Å²) in [4.78, 5) is 19.8. The second kappa shape index (κ2) is 5.89. The van der Waals surface area contributed by atoms with E-state index < -0.39 is 0 Å². The van der Waals surface area contributed by atoms with Gasteiger partial charge in [-0.05, 0) is 36.4 Å². The Balaban J connectivity index is 1.54. The van der Waals surface area contributed by atoms with Gasteiger partial charge >= 0.3 is 0 Å². The molecule has 0 radical (unpaired) electrons. The molecule has 0 amide bonds. The normalized spacial score (nSPS) is 11.7. The smallest absolute Gasteiger partial charge is 0.227 e. The van der Waals surface area contributed by atoms with E-state index in [-0.39, 0.29) is 0 Å². The molecular weight excluding hydrogens is 330 g/mol. The highest BCUT2D eigenvalue weighted by Crippen LogP contribution is 2.30. The van der Waals surface area contributed by atoms with Crippen LogP contribution >= 0.6 is 0 Å². The van der Waals surface area contributed by atoms with Gasteiger partial charge < -0.3 is 18.8 Å². The fourth-order valence-corrected chi connectivity index (χ4v) is 2.77. The van der Waals surface area contributed by atoms with E-state index in [2.05, 4.69) is 24.9 Å². The third kappa shape index (κ3) is 2.51. The lowest BCUT2D eigenvalue weighted by molar-refractivity contribution is 0.573. The Morgan fingerprint density at radius 3 is 2.42 bits per heavy atom. The largest absolute Gasteiger partial charge is 0.463 e. The van der Waals surface area contributed by atoms with Crippen LogP contribution in [0, 0.1) is 0 Å². The number of benzene rings is 1. The Morgan fingerprint density at radius 1 is 0.846 bits per heavy atom. The quantitative estimate of drug-likeness (QED) is 0.468. The van der Waals surface area contributed by atoms with Crippen molar-refractivity contribution < 1.29 is 8.83 Å². The minimum Gasteiger partial charge on any atom is -0.463 e. The monoisotopic (exact) mass is 343 g/mol. The fraction of sp³-hybridized carbons (Fsp3) is 0. The van der Waals surface area contributed by atoms with Gasteiger partial charge in [0.05, 0.1) is 29.8 Å². The summed E-state index contributed by atoms with van der Waals surface area (Å²) in [6.07, 6.45) is 4.85. The topological polar surface area (TPSA) is 96.0 Å². The minimum atomic E-state index is 0.515. The van der Waals surface area contributed by atoms with E-state index in [9.17, 15) is 0 Å². The van der Waals surface area contributed by atoms with E-state index >= 15 is 0 Å². The van der Waals surface area contributed by atoms with Crippen molar-refractivity contribution in [1.29, 1.82) is 0 Å². The Labute approximate surface area is 147 Å². The molecule has 2 N–H and O–H groups in total. The zero-order valence-corrected chi connectivity index (χ0v) is 13.5. The fourth-order valence-electron chi connectivity index (χ4n) is 2.77. The highest BCUT2D eigenvalue weighted by atomic mass is 16.3. The van der Waals surface area contributed by atoms with Crippen molar-refractivity contribution in [3.63, 3.8) is 0 Å². The molecule has 4 heterocycles. The van der Waals surface area contributed by atoms with Crippen LogP contribution in [0.1, 0.15) is 5.82 Å². The predicted octanol–water partition coefficient (Wildman–Crippen LogP) is 4.56. The van der Waals surface area contributed by atoms with E-state index in [0.717, 1.165) is 16.7 Å². The molecule has 0 aliphatic carbocycles. The van der Waals surface area contributed by atoms with E-state index in [1.807, 2.05) is 48.5 Å². The summed E-state index contributed by atoms with van der Waals surface area (Å²) in [5, 5.41) is 0. The van der Waals surface area contributed by atoms with E-state index in [4.69, 9.17) is 8.83 Å². The maximum absolute atomic E-state index is 5.50. The molecule has 0 aliphatic heterocycles. The summed E-state index contributed by atoms with van der Waals surface area (Å²) in [7, 11) is 0. The molecule has 0 fully saturated rings. The lowest BCUT2D eigenvalue weighted by atomic mass is 10.2. The predicted molar refractivity (Wildman–Crippen MR) is 97.3 cm³/mol. The third-order valence-corrected chi connectivity index (χ3v) is 3.93. The van der Waals surface area contributed by atoms with Crippen molar-refractivity contribution in [1.82, 2.24) is 19.9 Å². The molecule has 0 atom stereocenters. The molecule has 4 aromatic heterocycles. The van der Waals surface area contributed by atoms with E-state index in [1.54, 1.807) is 18.7 Å². The molecule has 126 valence electrons. The van der Waals surface area contributed by atoms with Gasteiger partial charge in [-0.25, -0.2) is 15.0 Å². The summed E-state index contributed by atoms with van der Waals surface area (Å²) in [5.41, 5.74) is 3.20. The van der Waals surface area contributed by atoms with Crippen LogP contribution in [0.3, 0.4) is 0 Å². The first kappa shape index (κ1) is 14.5. The highest BCUT2D eigenvalue weighted by molar-refractivity contribution is 5.84. The first-order chi connectivity index (χ1) is 12.9. The van der Waals surface area contributed by atoms with Crippen molar-refractivity contribution in [3.8, 4) is 22.9 Å². The first-order valence-electron chi connectivity index (χ1n) is 8.03. The molecule has 5 aromatic rings. The molecule has 0 unspecified atom stereocenters. The maximum Gasteiger partial charge on any atom is 0.227 e. The average Bonchev–Trinajstić information content (AvgIpc) is 3.46. The number of rotatable bonds is 4.